The van der Waals surface area contributed by atoms with Gasteiger partial charge in [0, 0.05) is 26.4 Å². The van der Waals surface area contributed by atoms with Gasteiger partial charge in [0.05, 0.1) is 28.9 Å². The van der Waals surface area contributed by atoms with E-state index in [9.17, 15) is 40.7 Å². The molecule has 0 bridgehead atoms. The minimum absolute atomic E-state index is 0.0335. The van der Waals surface area contributed by atoms with E-state index in [4.69, 9.17) is 0 Å². The molecule has 36 heavy (non-hydrogen) atoms. The molecule has 3 rings (SSSR count). The zero-order chi connectivity index (χ0) is 27.0. The molecule has 2 amide bonds. The molecule has 5 nitrogen and oxygen atoms in total. The van der Waals surface area contributed by atoms with Gasteiger partial charge in [-0.1, -0.05) is 11.2 Å². The fourth-order valence-electron chi connectivity index (χ4n) is 4.26. The van der Waals surface area contributed by atoms with Crippen LogP contribution in [0.4, 0.5) is 35.5 Å². The van der Waals surface area contributed by atoms with E-state index in [-0.39, 0.29) is 31.0 Å². The first-order valence-corrected chi connectivity index (χ1v) is 10.9. The molecule has 2 aromatic carbocycles. The summed E-state index contributed by atoms with van der Waals surface area (Å²) in [6.45, 7) is 3.04. The Morgan fingerprint density at radius 1 is 1.08 bits per heavy atom. The van der Waals surface area contributed by atoms with Crippen LogP contribution in [-0.2, 0) is 12.4 Å². The van der Waals surface area contributed by atoms with Crippen molar-refractivity contribution in [3.05, 3.63) is 70.0 Å². The Balaban J connectivity index is 1.98. The third-order valence-electron chi connectivity index (χ3n) is 6.40. The lowest BCUT2D eigenvalue weighted by atomic mass is 9.91. The first-order valence-electron chi connectivity index (χ1n) is 10.9. The summed E-state index contributed by atoms with van der Waals surface area (Å²) >= 11 is 0. The van der Waals surface area contributed by atoms with Crippen molar-refractivity contribution in [1.29, 1.82) is 0 Å². The maximum Gasteiger partial charge on any atom is 0.416 e. The molecule has 0 aliphatic carbocycles. The first kappa shape index (κ1) is 27.3. The molecule has 2 aromatic rings. The summed E-state index contributed by atoms with van der Waals surface area (Å²) in [6.07, 6.45) is -9.70. The number of oxime groups is 1. The molecule has 2 atom stereocenters. The molecule has 1 fully saturated rings. The zero-order valence-corrected chi connectivity index (χ0v) is 19.6. The summed E-state index contributed by atoms with van der Waals surface area (Å²) in [7, 11) is 1.28. The molecule has 1 aliphatic heterocycles. The Bertz CT molecular complexity index is 1130. The monoisotopic (exact) mass is 519 g/mol. The van der Waals surface area contributed by atoms with Crippen LogP contribution in [0.25, 0.3) is 0 Å². The highest BCUT2D eigenvalue weighted by atomic mass is 19.4. The van der Waals surface area contributed by atoms with E-state index in [1.54, 1.807) is 6.92 Å². The van der Waals surface area contributed by atoms with E-state index in [1.807, 2.05) is 0 Å². The van der Waals surface area contributed by atoms with Crippen molar-refractivity contribution in [1.82, 2.24) is 9.80 Å². The van der Waals surface area contributed by atoms with Gasteiger partial charge < -0.3 is 15.0 Å². The number of hydrogen-bond donors (Lipinski definition) is 1. The molecule has 0 unspecified atom stereocenters. The van der Waals surface area contributed by atoms with Crippen LogP contribution in [0.1, 0.15) is 59.7 Å². The number of amides is 2. The summed E-state index contributed by atoms with van der Waals surface area (Å²) in [4.78, 5) is 15.9. The van der Waals surface area contributed by atoms with Crippen LogP contribution < -0.4 is 0 Å². The second-order valence-electron chi connectivity index (χ2n) is 8.74. The summed E-state index contributed by atoms with van der Waals surface area (Å²) in [5.74, 6) is -0.489. The van der Waals surface area contributed by atoms with Crippen LogP contribution >= 0.6 is 0 Å². The maximum absolute atomic E-state index is 13.7. The lowest BCUT2D eigenvalue weighted by Gasteiger charge is -2.40. The minimum Gasteiger partial charge on any atom is -0.411 e. The Labute approximate surface area is 202 Å². The second kappa shape index (κ2) is 9.98. The molecule has 196 valence electrons. The van der Waals surface area contributed by atoms with Crippen molar-refractivity contribution in [2.24, 2.45) is 5.16 Å². The number of aryl methyl sites for hydroxylation is 1. The third kappa shape index (κ3) is 5.73. The Kier molecular flexibility index (Phi) is 7.56. The normalized spacial score (nSPS) is 18.9. The quantitative estimate of drug-likeness (QED) is 0.271. The van der Waals surface area contributed by atoms with E-state index < -0.39 is 47.4 Å². The number of benzene rings is 2. The van der Waals surface area contributed by atoms with Crippen LogP contribution in [0, 0.1) is 12.7 Å². The van der Waals surface area contributed by atoms with Gasteiger partial charge in [-0.25, -0.2) is 9.18 Å². The van der Waals surface area contributed by atoms with Crippen LogP contribution in [0.15, 0.2) is 41.6 Å². The number of likely N-dealkylation sites (tertiary alicyclic amines) is 1. The van der Waals surface area contributed by atoms with Crippen molar-refractivity contribution < 1.29 is 40.7 Å². The topological polar surface area (TPSA) is 56.1 Å². The molecule has 1 saturated heterocycles. The van der Waals surface area contributed by atoms with E-state index >= 15 is 0 Å². The van der Waals surface area contributed by atoms with Crippen molar-refractivity contribution in [2.75, 3.05) is 13.6 Å². The van der Waals surface area contributed by atoms with Crippen LogP contribution in [0.5, 0.6) is 0 Å². The molecule has 1 aliphatic rings. The Hall–Kier alpha value is -3.31. The number of alkyl halides is 6. The van der Waals surface area contributed by atoms with E-state index in [0.717, 1.165) is 4.90 Å². The summed E-state index contributed by atoms with van der Waals surface area (Å²) in [6, 6.07) is 2.71. The number of hydrogen-bond acceptors (Lipinski definition) is 3. The van der Waals surface area contributed by atoms with Gasteiger partial charge in [-0.2, -0.15) is 26.3 Å². The third-order valence-corrected chi connectivity index (χ3v) is 6.40. The van der Waals surface area contributed by atoms with Crippen molar-refractivity contribution in [3.8, 4) is 0 Å². The predicted octanol–water partition coefficient (Wildman–Crippen LogP) is 6.95. The van der Waals surface area contributed by atoms with Gasteiger partial charge in [-0.3, -0.25) is 0 Å². The van der Waals surface area contributed by atoms with E-state index in [1.165, 1.54) is 37.1 Å². The van der Waals surface area contributed by atoms with Crippen LogP contribution in [-0.4, -0.2) is 40.3 Å². The van der Waals surface area contributed by atoms with Gasteiger partial charge in [0.1, 0.15) is 5.82 Å². The smallest absolute Gasteiger partial charge is 0.411 e. The van der Waals surface area contributed by atoms with Crippen molar-refractivity contribution in [3.63, 3.8) is 0 Å². The lowest BCUT2D eigenvalue weighted by molar-refractivity contribution is -0.143. The zero-order valence-electron chi connectivity index (χ0n) is 19.6. The van der Waals surface area contributed by atoms with E-state index in [0.29, 0.717) is 29.0 Å². The highest BCUT2D eigenvalue weighted by Gasteiger charge is 2.39. The number of halogens is 7. The summed E-state index contributed by atoms with van der Waals surface area (Å²) in [5.41, 5.74) is -1.78. The van der Waals surface area contributed by atoms with Crippen LogP contribution in [0.2, 0.25) is 0 Å². The molecule has 1 heterocycles. The molecule has 0 saturated carbocycles. The average Bonchev–Trinajstić information content (AvgIpc) is 2.81. The number of urea groups is 1. The standard InChI is InChI=1S/C24H24F7N3O2/c1-13-8-18(25)4-5-20(13)21-12-19(32-36)6-7-34(21)22(35)33(3)14(2)15-9-16(23(26,27)28)11-17(10-15)24(29,30)31/h4-5,8-11,14,21,36H,6-7,12H2,1-3H3/b32-19-/t14-,21-/m1/s1. The fraction of sp³-hybridized carbons (Fsp3) is 0.417. The number of nitrogens with zero attached hydrogens (tertiary/aromatic N) is 3. The summed E-state index contributed by atoms with van der Waals surface area (Å²) in [5, 5.41) is 12.5. The molecule has 0 radical (unpaired) electrons. The van der Waals surface area contributed by atoms with Gasteiger partial charge in [-0.05, 0) is 60.9 Å². The Morgan fingerprint density at radius 2 is 1.67 bits per heavy atom. The van der Waals surface area contributed by atoms with Gasteiger partial charge in [0.15, 0.2) is 0 Å². The van der Waals surface area contributed by atoms with Gasteiger partial charge >= 0.3 is 18.4 Å². The first-order chi connectivity index (χ1) is 16.6. The molecule has 1 N–H and O–H groups in total. The number of carbonyl (C=O) groups excluding carboxylic acids is 1. The fourth-order valence-corrected chi connectivity index (χ4v) is 4.26. The lowest BCUT2D eigenvalue weighted by Crippen LogP contribution is -2.48. The van der Waals surface area contributed by atoms with Crippen molar-refractivity contribution in [2.45, 2.75) is 51.1 Å². The highest BCUT2D eigenvalue weighted by Crippen LogP contribution is 2.39. The summed E-state index contributed by atoms with van der Waals surface area (Å²) < 4.78 is 93.5. The Morgan fingerprint density at radius 3 is 2.17 bits per heavy atom. The molecule has 0 spiro atoms. The minimum atomic E-state index is -5.02. The van der Waals surface area contributed by atoms with E-state index in [2.05, 4.69) is 5.16 Å². The SMILES string of the molecule is Cc1cc(F)ccc1[C@H]1C/C(=N\O)CCN1C(=O)N(C)[C@H](C)c1cc(C(F)(F)F)cc(C(F)(F)F)c1. The predicted molar refractivity (Wildman–Crippen MR) is 117 cm³/mol. The van der Waals surface area contributed by atoms with Gasteiger partial charge in [0.2, 0.25) is 0 Å². The average molecular weight is 519 g/mol. The number of rotatable bonds is 3. The number of carbonyl (C=O) groups is 1. The molecular weight excluding hydrogens is 495 g/mol. The maximum atomic E-state index is 13.7. The van der Waals surface area contributed by atoms with Gasteiger partial charge in [0.25, 0.3) is 0 Å². The highest BCUT2D eigenvalue weighted by molar-refractivity contribution is 5.88. The second-order valence-corrected chi connectivity index (χ2v) is 8.74. The molecule has 12 heteroatoms. The van der Waals surface area contributed by atoms with Crippen molar-refractivity contribution >= 4 is 11.7 Å². The van der Waals surface area contributed by atoms with Crippen LogP contribution in [0.3, 0.4) is 0 Å². The number of piperidine rings is 1. The largest absolute Gasteiger partial charge is 0.416 e. The van der Waals surface area contributed by atoms with Gasteiger partial charge in [-0.15, -0.1) is 0 Å². The molecule has 0 aromatic heterocycles. The molecular formula is C24H24F7N3O2.